The standard InChI is InChI=1S/C33H34N8O2/c1-4-31(42)36-26-11-27(30(43-3)12-29(26)40-17-21-15-39(2)16-22(21)18-40)37-33-35-14-20(13-34)32(38-33)25-19-41(23-9-10-23)28-8-6-5-7-24(25)28/h4-8,11-12,14,19,21-23H,1,9-10,15-18H2,2-3H3,(H,36,42)(H,35,37,38)/t21-,22+. The number of amides is 1. The average Bonchev–Trinajstić information content (AvgIpc) is 3.55. The zero-order valence-electron chi connectivity index (χ0n) is 24.4. The van der Waals surface area contributed by atoms with Crippen molar-refractivity contribution in [2.24, 2.45) is 11.8 Å². The molecule has 1 aliphatic carbocycles. The van der Waals surface area contributed by atoms with Gasteiger partial charge in [-0.25, -0.2) is 9.97 Å². The van der Waals surface area contributed by atoms with Crippen molar-refractivity contribution < 1.29 is 9.53 Å². The fourth-order valence-corrected chi connectivity index (χ4v) is 6.70. The highest BCUT2D eigenvalue weighted by Gasteiger charge is 2.39. The lowest BCUT2D eigenvalue weighted by Gasteiger charge is -2.26. The van der Waals surface area contributed by atoms with Gasteiger partial charge >= 0.3 is 0 Å². The highest BCUT2D eigenvalue weighted by molar-refractivity contribution is 6.02. The van der Waals surface area contributed by atoms with Crippen molar-refractivity contribution in [1.82, 2.24) is 19.4 Å². The Hall–Kier alpha value is -4.88. The maximum absolute atomic E-state index is 12.5. The summed E-state index contributed by atoms with van der Waals surface area (Å²) in [7, 11) is 3.79. The maximum atomic E-state index is 12.5. The first kappa shape index (κ1) is 27.0. The Morgan fingerprint density at radius 2 is 1.91 bits per heavy atom. The molecule has 3 aliphatic rings. The van der Waals surface area contributed by atoms with Gasteiger partial charge in [0.1, 0.15) is 11.8 Å². The van der Waals surface area contributed by atoms with E-state index in [9.17, 15) is 10.1 Å². The molecule has 4 aromatic rings. The van der Waals surface area contributed by atoms with Crippen LogP contribution in [0.4, 0.5) is 23.0 Å². The van der Waals surface area contributed by atoms with Crippen LogP contribution >= 0.6 is 0 Å². The first-order valence-electron chi connectivity index (χ1n) is 14.7. The minimum Gasteiger partial charge on any atom is -0.494 e. The van der Waals surface area contributed by atoms with Gasteiger partial charge in [0.05, 0.1) is 41.6 Å². The summed E-state index contributed by atoms with van der Waals surface area (Å²) >= 11 is 0. The van der Waals surface area contributed by atoms with E-state index >= 15 is 0 Å². The predicted octanol–water partition coefficient (Wildman–Crippen LogP) is 5.18. The molecule has 2 N–H and O–H groups in total. The van der Waals surface area contributed by atoms with Gasteiger partial charge in [0, 0.05) is 61.0 Å². The third kappa shape index (κ3) is 4.96. The minimum absolute atomic E-state index is 0.291. The van der Waals surface area contributed by atoms with Gasteiger partial charge in [0.15, 0.2) is 0 Å². The van der Waals surface area contributed by atoms with Crippen molar-refractivity contribution in [2.45, 2.75) is 18.9 Å². The van der Waals surface area contributed by atoms with E-state index in [1.54, 1.807) is 13.3 Å². The molecule has 218 valence electrons. The number of carbonyl (C=O) groups is 1. The van der Waals surface area contributed by atoms with E-state index in [-0.39, 0.29) is 5.91 Å². The molecule has 43 heavy (non-hydrogen) atoms. The Bertz CT molecular complexity index is 1770. The molecule has 10 heteroatoms. The molecule has 0 bridgehead atoms. The van der Waals surface area contributed by atoms with Crippen molar-refractivity contribution in [3.8, 4) is 23.1 Å². The number of nitrogens with one attached hydrogen (secondary N) is 2. The quantitative estimate of drug-likeness (QED) is 0.277. The van der Waals surface area contributed by atoms with Gasteiger partial charge in [-0.05, 0) is 49.9 Å². The number of rotatable bonds is 8. The molecular weight excluding hydrogens is 540 g/mol. The lowest BCUT2D eigenvalue weighted by Crippen LogP contribution is -2.27. The average molecular weight is 575 g/mol. The zero-order chi connectivity index (χ0) is 29.7. The lowest BCUT2D eigenvalue weighted by molar-refractivity contribution is -0.111. The van der Waals surface area contributed by atoms with Gasteiger partial charge in [0.2, 0.25) is 11.9 Å². The van der Waals surface area contributed by atoms with Gasteiger partial charge < -0.3 is 29.7 Å². The van der Waals surface area contributed by atoms with E-state index in [1.807, 2.05) is 24.3 Å². The second-order valence-corrected chi connectivity index (χ2v) is 11.8. The second kappa shape index (κ2) is 10.7. The summed E-state index contributed by atoms with van der Waals surface area (Å²) in [5.41, 5.74) is 5.16. The molecular formula is C33H34N8O2. The van der Waals surface area contributed by atoms with Gasteiger partial charge in [0.25, 0.3) is 0 Å². The number of anilines is 4. The van der Waals surface area contributed by atoms with Crippen molar-refractivity contribution in [3.63, 3.8) is 0 Å². The molecule has 0 radical (unpaired) electrons. The Labute approximate surface area is 250 Å². The van der Waals surface area contributed by atoms with E-state index in [4.69, 9.17) is 9.72 Å². The van der Waals surface area contributed by atoms with E-state index in [0.29, 0.717) is 52.2 Å². The molecule has 10 nitrogen and oxygen atoms in total. The molecule has 2 aromatic carbocycles. The molecule has 1 amide bonds. The van der Waals surface area contributed by atoms with Crippen LogP contribution in [0.3, 0.4) is 0 Å². The summed E-state index contributed by atoms with van der Waals surface area (Å²) in [6.45, 7) is 7.61. The number of benzene rings is 2. The highest BCUT2D eigenvalue weighted by atomic mass is 16.5. The number of nitrogens with zero attached hydrogens (tertiary/aromatic N) is 6. The van der Waals surface area contributed by atoms with Crippen molar-refractivity contribution in [2.75, 3.05) is 55.9 Å². The SMILES string of the molecule is C=CC(=O)Nc1cc(Nc2ncc(C#N)c(-c3cn(C4CC4)c4ccccc34)n2)c(OC)cc1N1C[C@H]2CN(C)C[C@H]2C1. The van der Waals surface area contributed by atoms with E-state index < -0.39 is 0 Å². The Balaban J connectivity index is 1.26. The van der Waals surface area contributed by atoms with Crippen LogP contribution in [0.5, 0.6) is 5.75 Å². The molecule has 2 aliphatic heterocycles. The maximum Gasteiger partial charge on any atom is 0.247 e. The summed E-state index contributed by atoms with van der Waals surface area (Å²) < 4.78 is 8.12. The number of para-hydroxylation sites is 1. The Morgan fingerprint density at radius 1 is 1.14 bits per heavy atom. The highest BCUT2D eigenvalue weighted by Crippen LogP contribution is 2.44. The predicted molar refractivity (Wildman–Crippen MR) is 168 cm³/mol. The van der Waals surface area contributed by atoms with Gasteiger partial charge in [-0.1, -0.05) is 24.8 Å². The normalized spacial score (nSPS) is 19.7. The summed E-state index contributed by atoms with van der Waals surface area (Å²) in [4.78, 5) is 26.5. The molecule has 4 heterocycles. The van der Waals surface area contributed by atoms with Crippen LogP contribution < -0.4 is 20.3 Å². The number of hydrogen-bond acceptors (Lipinski definition) is 8. The number of carbonyl (C=O) groups excluding carboxylic acids is 1. The van der Waals surface area contributed by atoms with Crippen LogP contribution in [0.2, 0.25) is 0 Å². The third-order valence-corrected chi connectivity index (χ3v) is 8.86. The first-order valence-corrected chi connectivity index (χ1v) is 14.7. The number of fused-ring (bicyclic) bond motifs is 2. The van der Waals surface area contributed by atoms with Gasteiger partial charge in [-0.15, -0.1) is 0 Å². The molecule has 1 saturated carbocycles. The number of nitriles is 1. The minimum atomic E-state index is -0.291. The molecule has 3 fully saturated rings. The van der Waals surface area contributed by atoms with E-state index in [2.05, 4.69) is 68.0 Å². The number of hydrogen-bond donors (Lipinski definition) is 2. The fourth-order valence-electron chi connectivity index (χ4n) is 6.70. The number of likely N-dealkylation sites (tertiary alicyclic amines) is 1. The van der Waals surface area contributed by atoms with E-state index in [1.165, 1.54) is 6.08 Å². The van der Waals surface area contributed by atoms with Gasteiger partial charge in [-0.3, -0.25) is 4.79 Å². The number of aromatic nitrogens is 3. The Morgan fingerprint density at radius 3 is 2.60 bits per heavy atom. The van der Waals surface area contributed by atoms with Crippen LogP contribution in [0, 0.1) is 23.2 Å². The molecule has 0 spiro atoms. The number of methoxy groups -OCH3 is 1. The molecule has 0 unspecified atom stereocenters. The van der Waals surface area contributed by atoms with Crippen LogP contribution in [-0.2, 0) is 4.79 Å². The van der Waals surface area contributed by atoms with Crippen LogP contribution in [-0.4, -0.2) is 65.7 Å². The van der Waals surface area contributed by atoms with Crippen LogP contribution in [0.25, 0.3) is 22.2 Å². The summed E-state index contributed by atoms with van der Waals surface area (Å²) in [6.07, 6.45) is 7.22. The van der Waals surface area contributed by atoms with Crippen LogP contribution in [0.1, 0.15) is 24.4 Å². The molecule has 2 aromatic heterocycles. The largest absolute Gasteiger partial charge is 0.494 e. The van der Waals surface area contributed by atoms with Crippen molar-refractivity contribution >= 4 is 39.8 Å². The van der Waals surface area contributed by atoms with Crippen LogP contribution in [0.15, 0.2) is 61.4 Å². The summed E-state index contributed by atoms with van der Waals surface area (Å²) in [5.74, 6) is 1.81. The van der Waals surface area contributed by atoms with Crippen molar-refractivity contribution in [1.29, 1.82) is 5.26 Å². The topological polar surface area (TPSA) is 111 Å². The van der Waals surface area contributed by atoms with Crippen molar-refractivity contribution in [3.05, 3.63) is 67.0 Å². The Kier molecular flexibility index (Phi) is 6.75. The smallest absolute Gasteiger partial charge is 0.247 e. The second-order valence-electron chi connectivity index (χ2n) is 11.8. The first-order chi connectivity index (χ1) is 20.9. The molecule has 2 saturated heterocycles. The molecule has 2 atom stereocenters. The zero-order valence-corrected chi connectivity index (χ0v) is 24.4. The fraction of sp³-hybridized carbons (Fsp3) is 0.333. The lowest BCUT2D eigenvalue weighted by atomic mass is 10.0. The summed E-state index contributed by atoms with van der Waals surface area (Å²) in [6, 6.07) is 14.8. The van der Waals surface area contributed by atoms with Gasteiger partial charge in [-0.2, -0.15) is 5.26 Å². The monoisotopic (exact) mass is 574 g/mol. The summed E-state index contributed by atoms with van der Waals surface area (Å²) in [5, 5.41) is 17.3. The van der Waals surface area contributed by atoms with E-state index in [0.717, 1.165) is 61.2 Å². The molecule has 7 rings (SSSR count). The third-order valence-electron chi connectivity index (χ3n) is 8.86. The number of ether oxygens (including phenoxy) is 1.